The van der Waals surface area contributed by atoms with Gasteiger partial charge in [-0.3, -0.25) is 14.9 Å². The Bertz CT molecular complexity index is 679. The van der Waals surface area contributed by atoms with Crippen LogP contribution >= 0.6 is 0 Å². The van der Waals surface area contributed by atoms with Crippen LogP contribution in [0.15, 0.2) is 48.5 Å². The van der Waals surface area contributed by atoms with Crippen LogP contribution in [-0.4, -0.2) is 23.4 Å². The van der Waals surface area contributed by atoms with Crippen LogP contribution in [0.2, 0.25) is 0 Å². The molecule has 0 saturated heterocycles. The molecule has 23 heavy (non-hydrogen) atoms. The van der Waals surface area contributed by atoms with Gasteiger partial charge in [0.25, 0.3) is 5.69 Å². The Morgan fingerprint density at radius 1 is 1.09 bits per heavy atom. The summed E-state index contributed by atoms with van der Waals surface area (Å²) in [4.78, 5) is 22.4. The van der Waals surface area contributed by atoms with Crippen LogP contribution in [0, 0.1) is 10.1 Å². The summed E-state index contributed by atoms with van der Waals surface area (Å²) in [5.41, 5.74) is 0.491. The van der Waals surface area contributed by atoms with Crippen molar-refractivity contribution in [2.45, 2.75) is 20.0 Å². The smallest absolute Gasteiger partial charge is 0.269 e. The number of hydrogen-bond acceptors (Lipinski definition) is 5. The minimum absolute atomic E-state index is 0.0251. The first-order chi connectivity index (χ1) is 11.0. The number of ketones is 1. The number of hydrogen-bond donors (Lipinski definition) is 0. The summed E-state index contributed by atoms with van der Waals surface area (Å²) in [6.45, 7) is 4.09. The quantitative estimate of drug-likeness (QED) is 0.443. The van der Waals surface area contributed by atoms with Gasteiger partial charge in [0.05, 0.1) is 11.5 Å². The molecular formula is C17H17NO5. The van der Waals surface area contributed by atoms with Gasteiger partial charge in [0.1, 0.15) is 11.5 Å². The highest BCUT2D eigenvalue weighted by Crippen LogP contribution is 2.20. The van der Waals surface area contributed by atoms with Gasteiger partial charge in [-0.05, 0) is 50.2 Å². The molecule has 1 atom stereocenters. The van der Waals surface area contributed by atoms with Crippen molar-refractivity contribution in [3.8, 4) is 11.5 Å². The first-order valence-electron chi connectivity index (χ1n) is 7.19. The third kappa shape index (κ3) is 4.29. The topological polar surface area (TPSA) is 78.7 Å². The zero-order valence-electron chi connectivity index (χ0n) is 12.9. The molecule has 0 radical (unpaired) electrons. The Morgan fingerprint density at radius 2 is 1.65 bits per heavy atom. The number of nitrogens with zero attached hydrogens (tertiary/aromatic N) is 1. The zero-order valence-corrected chi connectivity index (χ0v) is 12.9. The number of non-ortho nitro benzene ring substituents is 1. The molecule has 0 aliphatic rings. The first-order valence-corrected chi connectivity index (χ1v) is 7.19. The second-order valence-corrected chi connectivity index (χ2v) is 4.83. The maximum atomic E-state index is 12.3. The highest BCUT2D eigenvalue weighted by atomic mass is 16.6. The molecule has 0 bridgehead atoms. The molecule has 0 N–H and O–H groups in total. The van der Waals surface area contributed by atoms with Gasteiger partial charge in [-0.15, -0.1) is 0 Å². The van der Waals surface area contributed by atoms with E-state index in [0.717, 1.165) is 0 Å². The van der Waals surface area contributed by atoms with Gasteiger partial charge in [0.2, 0.25) is 5.78 Å². The van der Waals surface area contributed by atoms with E-state index < -0.39 is 11.0 Å². The normalized spacial score (nSPS) is 11.6. The molecule has 2 aromatic rings. The van der Waals surface area contributed by atoms with Gasteiger partial charge < -0.3 is 9.47 Å². The lowest BCUT2D eigenvalue weighted by Gasteiger charge is -2.14. The van der Waals surface area contributed by atoms with Crippen molar-refractivity contribution < 1.29 is 19.2 Å². The molecule has 6 heteroatoms. The van der Waals surface area contributed by atoms with Gasteiger partial charge in [-0.1, -0.05) is 0 Å². The minimum atomic E-state index is -0.700. The lowest BCUT2D eigenvalue weighted by molar-refractivity contribution is -0.384. The number of carbonyl (C=O) groups is 1. The second-order valence-electron chi connectivity index (χ2n) is 4.83. The van der Waals surface area contributed by atoms with Crippen LogP contribution < -0.4 is 9.47 Å². The second kappa shape index (κ2) is 7.40. The summed E-state index contributed by atoms with van der Waals surface area (Å²) in [5, 5.41) is 10.6. The molecule has 0 saturated carbocycles. The van der Waals surface area contributed by atoms with E-state index in [9.17, 15) is 14.9 Å². The number of nitro benzene ring substituents is 1. The van der Waals surface area contributed by atoms with E-state index in [1.165, 1.54) is 24.3 Å². The summed E-state index contributed by atoms with van der Waals surface area (Å²) in [6.07, 6.45) is -0.700. The van der Waals surface area contributed by atoms with Gasteiger partial charge in [0.15, 0.2) is 6.10 Å². The Balaban J connectivity index is 2.02. The number of benzene rings is 2. The molecule has 0 fully saturated rings. The van der Waals surface area contributed by atoms with Crippen molar-refractivity contribution in [1.29, 1.82) is 0 Å². The van der Waals surface area contributed by atoms with E-state index in [2.05, 4.69) is 0 Å². The molecule has 6 nitrogen and oxygen atoms in total. The summed E-state index contributed by atoms with van der Waals surface area (Å²) < 4.78 is 10.9. The Hall–Kier alpha value is -2.89. The highest BCUT2D eigenvalue weighted by molar-refractivity contribution is 5.99. The largest absolute Gasteiger partial charge is 0.494 e. The van der Waals surface area contributed by atoms with E-state index in [1.807, 2.05) is 6.92 Å². The van der Waals surface area contributed by atoms with Crippen LogP contribution in [0.25, 0.3) is 0 Å². The lowest BCUT2D eigenvalue weighted by atomic mass is 10.1. The molecule has 120 valence electrons. The molecule has 2 rings (SSSR count). The predicted molar refractivity (Wildman–Crippen MR) is 85.1 cm³/mol. The van der Waals surface area contributed by atoms with Crippen LogP contribution in [0.3, 0.4) is 0 Å². The zero-order chi connectivity index (χ0) is 16.8. The van der Waals surface area contributed by atoms with Crippen LogP contribution in [0.4, 0.5) is 5.69 Å². The maximum absolute atomic E-state index is 12.3. The number of carbonyl (C=O) groups excluding carboxylic acids is 1. The SMILES string of the molecule is CCOc1ccc(C(=O)[C@@H](C)Oc2ccc([N+](=O)[O-])cc2)cc1. The minimum Gasteiger partial charge on any atom is -0.494 e. The lowest BCUT2D eigenvalue weighted by Crippen LogP contribution is -2.23. The molecular weight excluding hydrogens is 298 g/mol. The maximum Gasteiger partial charge on any atom is 0.269 e. The Labute approximate surface area is 133 Å². The van der Waals surface area contributed by atoms with E-state index in [4.69, 9.17) is 9.47 Å². The Kier molecular flexibility index (Phi) is 5.30. The molecule has 0 heterocycles. The average Bonchev–Trinajstić information content (AvgIpc) is 2.55. The fraction of sp³-hybridized carbons (Fsp3) is 0.235. The third-order valence-electron chi connectivity index (χ3n) is 3.18. The molecule has 0 aliphatic heterocycles. The van der Waals surface area contributed by atoms with E-state index in [-0.39, 0.29) is 11.5 Å². The summed E-state index contributed by atoms with van der Waals surface area (Å²) in [5.74, 6) is 0.932. The molecule has 0 amide bonds. The summed E-state index contributed by atoms with van der Waals surface area (Å²) in [7, 11) is 0. The fourth-order valence-corrected chi connectivity index (χ4v) is 2.02. The molecule has 0 spiro atoms. The van der Waals surface area contributed by atoms with Crippen molar-refractivity contribution >= 4 is 11.5 Å². The number of ether oxygens (including phenoxy) is 2. The average molecular weight is 315 g/mol. The van der Waals surface area contributed by atoms with E-state index >= 15 is 0 Å². The van der Waals surface area contributed by atoms with Crippen molar-refractivity contribution in [1.82, 2.24) is 0 Å². The Morgan fingerprint density at radius 3 is 2.17 bits per heavy atom. The van der Waals surface area contributed by atoms with Crippen molar-refractivity contribution in [3.63, 3.8) is 0 Å². The van der Waals surface area contributed by atoms with Crippen LogP contribution in [-0.2, 0) is 0 Å². The highest BCUT2D eigenvalue weighted by Gasteiger charge is 2.17. The standard InChI is InChI=1S/C17H17NO5/c1-3-22-15-8-4-13(5-9-15)17(19)12(2)23-16-10-6-14(7-11-16)18(20)21/h4-12H,3H2,1-2H3/t12-/m1/s1. The van der Waals surface area contributed by atoms with Crippen molar-refractivity contribution in [3.05, 3.63) is 64.2 Å². The van der Waals surface area contributed by atoms with E-state index in [1.54, 1.807) is 31.2 Å². The third-order valence-corrected chi connectivity index (χ3v) is 3.18. The molecule has 2 aromatic carbocycles. The molecule has 0 unspecified atom stereocenters. The summed E-state index contributed by atoms with van der Waals surface area (Å²) >= 11 is 0. The fourth-order valence-electron chi connectivity index (χ4n) is 2.02. The monoisotopic (exact) mass is 315 g/mol. The number of Topliss-reactive ketones (excluding diaryl/α,β-unsaturated/α-hetero) is 1. The van der Waals surface area contributed by atoms with Gasteiger partial charge >= 0.3 is 0 Å². The number of nitro groups is 1. The van der Waals surface area contributed by atoms with Crippen molar-refractivity contribution in [2.75, 3.05) is 6.61 Å². The predicted octanol–water partition coefficient (Wildman–Crippen LogP) is 3.64. The first kappa shape index (κ1) is 16.5. The van der Waals surface area contributed by atoms with Gasteiger partial charge in [-0.25, -0.2) is 0 Å². The van der Waals surface area contributed by atoms with Gasteiger partial charge in [-0.2, -0.15) is 0 Å². The van der Waals surface area contributed by atoms with E-state index in [0.29, 0.717) is 23.7 Å². The number of rotatable bonds is 7. The summed E-state index contributed by atoms with van der Waals surface area (Å²) in [6, 6.07) is 12.4. The van der Waals surface area contributed by atoms with Crippen LogP contribution in [0.5, 0.6) is 11.5 Å². The van der Waals surface area contributed by atoms with Crippen molar-refractivity contribution in [2.24, 2.45) is 0 Å². The molecule has 0 aliphatic carbocycles. The molecule has 0 aromatic heterocycles. The van der Waals surface area contributed by atoms with Crippen LogP contribution in [0.1, 0.15) is 24.2 Å². The van der Waals surface area contributed by atoms with Gasteiger partial charge in [0, 0.05) is 17.7 Å².